The van der Waals surface area contributed by atoms with Crippen molar-refractivity contribution in [2.24, 2.45) is 5.92 Å². The van der Waals surface area contributed by atoms with Crippen LogP contribution in [0, 0.1) is 5.92 Å². The summed E-state index contributed by atoms with van der Waals surface area (Å²) in [7, 11) is 0. The van der Waals surface area contributed by atoms with Gasteiger partial charge in [0.15, 0.2) is 0 Å². The molecule has 0 fully saturated rings. The summed E-state index contributed by atoms with van der Waals surface area (Å²) in [6.07, 6.45) is 0.412. The first-order valence-corrected chi connectivity index (χ1v) is 7.48. The van der Waals surface area contributed by atoms with Gasteiger partial charge in [-0.25, -0.2) is 4.79 Å². The highest BCUT2D eigenvalue weighted by molar-refractivity contribution is 5.89. The van der Waals surface area contributed by atoms with E-state index in [-0.39, 0.29) is 18.0 Å². The normalized spacial score (nSPS) is 17.6. The molecule has 0 saturated heterocycles. The maximum absolute atomic E-state index is 12.5. The van der Waals surface area contributed by atoms with Gasteiger partial charge in [0.25, 0.3) is 0 Å². The van der Waals surface area contributed by atoms with Gasteiger partial charge in [0.1, 0.15) is 5.60 Å². The summed E-state index contributed by atoms with van der Waals surface area (Å²) in [5, 5.41) is 0. The maximum Gasteiger partial charge on any atom is 0.414 e. The van der Waals surface area contributed by atoms with Gasteiger partial charge in [-0.15, -0.1) is 0 Å². The number of carbonyl (C=O) groups excluding carboxylic acids is 2. The average Bonchev–Trinajstić information content (AvgIpc) is 2.42. The quantitative estimate of drug-likeness (QED) is 0.788. The Balaban J connectivity index is 2.19. The molecule has 0 aliphatic carbocycles. The molecular formula is C17H23NO4. The van der Waals surface area contributed by atoms with Gasteiger partial charge >= 0.3 is 12.1 Å². The number of fused-ring (bicyclic) bond motifs is 1. The molecule has 0 bridgehead atoms. The van der Waals surface area contributed by atoms with Crippen LogP contribution in [-0.4, -0.2) is 30.8 Å². The minimum Gasteiger partial charge on any atom is -0.465 e. The van der Waals surface area contributed by atoms with Gasteiger partial charge in [-0.1, -0.05) is 18.2 Å². The first-order valence-electron chi connectivity index (χ1n) is 7.48. The molecule has 1 atom stereocenters. The Bertz CT molecular complexity index is 562. The zero-order chi connectivity index (χ0) is 16.3. The van der Waals surface area contributed by atoms with E-state index >= 15 is 0 Å². The van der Waals surface area contributed by atoms with Gasteiger partial charge in [0.05, 0.1) is 12.3 Å². The van der Waals surface area contributed by atoms with Crippen LogP contribution in [0.4, 0.5) is 10.5 Å². The Hall–Kier alpha value is -2.04. The third-order valence-corrected chi connectivity index (χ3v) is 3.37. The molecule has 0 aromatic heterocycles. The lowest BCUT2D eigenvalue weighted by Gasteiger charge is -2.35. The monoisotopic (exact) mass is 305 g/mol. The number of hydrogen-bond donors (Lipinski definition) is 0. The van der Waals surface area contributed by atoms with Crippen LogP contribution in [0.1, 0.15) is 33.3 Å². The number of ether oxygens (including phenoxy) is 2. The van der Waals surface area contributed by atoms with Crippen LogP contribution < -0.4 is 4.90 Å². The van der Waals surface area contributed by atoms with Crippen molar-refractivity contribution in [2.45, 2.75) is 39.7 Å². The van der Waals surface area contributed by atoms with E-state index in [1.165, 1.54) is 6.92 Å². The van der Waals surface area contributed by atoms with Crippen LogP contribution in [0.15, 0.2) is 24.3 Å². The summed E-state index contributed by atoms with van der Waals surface area (Å²) in [6, 6.07) is 7.76. The molecule has 1 aromatic rings. The summed E-state index contributed by atoms with van der Waals surface area (Å²) in [5.41, 5.74) is 1.39. The van der Waals surface area contributed by atoms with Crippen LogP contribution >= 0.6 is 0 Å². The summed E-state index contributed by atoms with van der Waals surface area (Å²) in [4.78, 5) is 25.1. The highest BCUT2D eigenvalue weighted by Gasteiger charge is 2.31. The minimum atomic E-state index is -0.547. The highest BCUT2D eigenvalue weighted by Crippen LogP contribution is 2.31. The van der Waals surface area contributed by atoms with E-state index in [1.54, 1.807) is 4.90 Å². The average molecular weight is 305 g/mol. The molecule has 0 radical (unpaired) electrons. The molecule has 120 valence electrons. The fourth-order valence-corrected chi connectivity index (χ4v) is 2.52. The van der Waals surface area contributed by atoms with Gasteiger partial charge in [-0.3, -0.25) is 9.69 Å². The van der Waals surface area contributed by atoms with E-state index in [0.29, 0.717) is 13.2 Å². The minimum absolute atomic E-state index is 0.0753. The van der Waals surface area contributed by atoms with E-state index in [4.69, 9.17) is 9.47 Å². The number of rotatable bonds is 2. The molecule has 1 aliphatic rings. The van der Waals surface area contributed by atoms with E-state index in [1.807, 2.05) is 45.0 Å². The SMILES string of the molecule is CC(=O)OCC1Cc2ccccc2N(C(=O)OC(C)(C)C)C1. The predicted octanol–water partition coefficient (Wildman–Crippen LogP) is 3.16. The van der Waals surface area contributed by atoms with Crippen molar-refractivity contribution in [3.8, 4) is 0 Å². The largest absolute Gasteiger partial charge is 0.465 e. The second-order valence-electron chi connectivity index (χ2n) is 6.59. The fourth-order valence-electron chi connectivity index (χ4n) is 2.52. The Kier molecular flexibility index (Phi) is 4.74. The fraction of sp³-hybridized carbons (Fsp3) is 0.529. The second-order valence-corrected chi connectivity index (χ2v) is 6.59. The first kappa shape index (κ1) is 16.3. The maximum atomic E-state index is 12.5. The number of benzene rings is 1. The molecule has 22 heavy (non-hydrogen) atoms. The molecule has 1 amide bonds. The number of hydrogen-bond acceptors (Lipinski definition) is 4. The van der Waals surface area contributed by atoms with Crippen molar-refractivity contribution in [1.29, 1.82) is 0 Å². The summed E-state index contributed by atoms with van der Waals surface area (Å²) < 4.78 is 10.6. The molecule has 5 heteroatoms. The Morgan fingerprint density at radius 1 is 1.27 bits per heavy atom. The highest BCUT2D eigenvalue weighted by atomic mass is 16.6. The summed E-state index contributed by atoms with van der Waals surface area (Å²) in [5.74, 6) is -0.228. The number of carbonyl (C=O) groups is 2. The van der Waals surface area contributed by atoms with E-state index in [0.717, 1.165) is 17.7 Å². The standard InChI is InChI=1S/C17H23NO4/c1-12(19)21-11-13-9-14-7-5-6-8-15(14)18(10-13)16(20)22-17(2,3)4/h5-8,13H,9-11H2,1-4H3. The molecule has 0 spiro atoms. The van der Waals surface area contributed by atoms with Gasteiger partial charge < -0.3 is 9.47 Å². The first-order chi connectivity index (χ1) is 10.3. The van der Waals surface area contributed by atoms with Crippen molar-refractivity contribution in [3.05, 3.63) is 29.8 Å². The van der Waals surface area contributed by atoms with Crippen LogP contribution in [0.2, 0.25) is 0 Å². The van der Waals surface area contributed by atoms with Crippen LogP contribution in [-0.2, 0) is 20.7 Å². The van der Waals surface area contributed by atoms with Crippen LogP contribution in [0.3, 0.4) is 0 Å². The van der Waals surface area contributed by atoms with Gasteiger partial charge in [-0.05, 0) is 38.8 Å². The molecule has 0 saturated carbocycles. The number of nitrogens with zero attached hydrogens (tertiary/aromatic N) is 1. The van der Waals surface area contributed by atoms with E-state index in [9.17, 15) is 9.59 Å². The van der Waals surface area contributed by atoms with Crippen molar-refractivity contribution in [2.75, 3.05) is 18.1 Å². The number of esters is 1. The molecule has 1 heterocycles. The number of amides is 1. The Labute approximate surface area is 131 Å². The van der Waals surface area contributed by atoms with Crippen molar-refractivity contribution in [3.63, 3.8) is 0 Å². The molecule has 0 N–H and O–H groups in total. The molecule has 1 aliphatic heterocycles. The second kappa shape index (κ2) is 6.38. The van der Waals surface area contributed by atoms with Gasteiger partial charge in [0, 0.05) is 19.4 Å². The van der Waals surface area contributed by atoms with Crippen molar-refractivity contribution >= 4 is 17.7 Å². The smallest absolute Gasteiger partial charge is 0.414 e. The number of para-hydroxylation sites is 1. The van der Waals surface area contributed by atoms with Gasteiger partial charge in [0.2, 0.25) is 0 Å². The lowest BCUT2D eigenvalue weighted by molar-refractivity contribution is -0.142. The third kappa shape index (κ3) is 4.23. The molecule has 1 unspecified atom stereocenters. The predicted molar refractivity (Wildman–Crippen MR) is 83.8 cm³/mol. The summed E-state index contributed by atoms with van der Waals surface area (Å²) >= 11 is 0. The Morgan fingerprint density at radius 2 is 1.95 bits per heavy atom. The van der Waals surface area contributed by atoms with Gasteiger partial charge in [-0.2, -0.15) is 0 Å². The Morgan fingerprint density at radius 3 is 2.59 bits per heavy atom. The lowest BCUT2D eigenvalue weighted by Crippen LogP contribution is -2.44. The molecule has 1 aromatic carbocycles. The third-order valence-electron chi connectivity index (χ3n) is 3.37. The van der Waals surface area contributed by atoms with E-state index < -0.39 is 5.60 Å². The number of anilines is 1. The lowest BCUT2D eigenvalue weighted by atomic mass is 9.93. The van der Waals surface area contributed by atoms with Crippen molar-refractivity contribution in [1.82, 2.24) is 0 Å². The zero-order valence-electron chi connectivity index (χ0n) is 13.6. The molecule has 2 rings (SSSR count). The van der Waals surface area contributed by atoms with Crippen LogP contribution in [0.25, 0.3) is 0 Å². The summed E-state index contributed by atoms with van der Waals surface area (Å²) in [6.45, 7) is 7.72. The van der Waals surface area contributed by atoms with Crippen LogP contribution in [0.5, 0.6) is 0 Å². The molecular weight excluding hydrogens is 282 g/mol. The van der Waals surface area contributed by atoms with Crippen molar-refractivity contribution < 1.29 is 19.1 Å². The topological polar surface area (TPSA) is 55.8 Å². The zero-order valence-corrected chi connectivity index (χ0v) is 13.6. The van der Waals surface area contributed by atoms with E-state index in [2.05, 4.69) is 0 Å². The molecule has 5 nitrogen and oxygen atoms in total.